The standard InChI is InChI=1S/C23H28N4O2S/c1-16-10-12-17(13-11-16)27-19-9-7-6-8-18(19)24-22(27)30-15-21(29)26(5)14-20(28)25-23(2,3)4/h6-13H,14-15H2,1-5H3,(H,25,28). The number of rotatable bonds is 6. The van der Waals surface area contributed by atoms with Gasteiger partial charge in [0.05, 0.1) is 23.3 Å². The first-order chi connectivity index (χ1) is 14.1. The van der Waals surface area contributed by atoms with Crippen molar-refractivity contribution in [2.75, 3.05) is 19.3 Å². The fourth-order valence-electron chi connectivity index (χ4n) is 3.04. The van der Waals surface area contributed by atoms with E-state index in [9.17, 15) is 9.59 Å². The number of benzene rings is 2. The molecule has 1 N–H and O–H groups in total. The molecule has 6 nitrogen and oxygen atoms in total. The molecule has 0 saturated carbocycles. The van der Waals surface area contributed by atoms with E-state index in [1.807, 2.05) is 45.0 Å². The number of fused-ring (bicyclic) bond motifs is 1. The fourth-order valence-corrected chi connectivity index (χ4v) is 4.01. The number of thioether (sulfide) groups is 1. The number of para-hydroxylation sites is 2. The third-order valence-electron chi connectivity index (χ3n) is 4.47. The molecule has 0 saturated heterocycles. The number of hydrogen-bond donors (Lipinski definition) is 1. The third kappa shape index (κ3) is 5.42. The number of nitrogens with zero attached hydrogens (tertiary/aromatic N) is 3. The van der Waals surface area contributed by atoms with E-state index in [1.165, 1.54) is 22.2 Å². The molecule has 2 aromatic carbocycles. The molecule has 0 fully saturated rings. The maximum absolute atomic E-state index is 12.6. The van der Waals surface area contributed by atoms with Gasteiger partial charge in [0.1, 0.15) is 0 Å². The van der Waals surface area contributed by atoms with Gasteiger partial charge in [0.25, 0.3) is 0 Å². The molecule has 7 heteroatoms. The molecule has 3 rings (SSSR count). The van der Waals surface area contributed by atoms with Crippen molar-refractivity contribution in [3.8, 4) is 5.69 Å². The number of amides is 2. The predicted octanol–water partition coefficient (Wildman–Crippen LogP) is 3.80. The minimum Gasteiger partial charge on any atom is -0.350 e. The van der Waals surface area contributed by atoms with E-state index in [1.54, 1.807) is 7.05 Å². The Morgan fingerprint density at radius 3 is 2.43 bits per heavy atom. The first-order valence-corrected chi connectivity index (χ1v) is 10.8. The van der Waals surface area contributed by atoms with E-state index >= 15 is 0 Å². The van der Waals surface area contributed by atoms with Crippen molar-refractivity contribution in [2.24, 2.45) is 0 Å². The number of nitrogens with one attached hydrogen (secondary N) is 1. The molecule has 0 aliphatic rings. The Morgan fingerprint density at radius 1 is 1.10 bits per heavy atom. The summed E-state index contributed by atoms with van der Waals surface area (Å²) in [5.41, 5.74) is 3.74. The topological polar surface area (TPSA) is 67.2 Å². The maximum Gasteiger partial charge on any atom is 0.240 e. The van der Waals surface area contributed by atoms with Gasteiger partial charge in [0, 0.05) is 18.3 Å². The summed E-state index contributed by atoms with van der Waals surface area (Å²) in [6, 6.07) is 16.2. The molecule has 2 amide bonds. The lowest BCUT2D eigenvalue weighted by Crippen LogP contribution is -2.46. The SMILES string of the molecule is Cc1ccc(-n2c(SCC(=O)N(C)CC(=O)NC(C)(C)C)nc3ccccc32)cc1. The highest BCUT2D eigenvalue weighted by molar-refractivity contribution is 7.99. The molecule has 0 bridgehead atoms. The highest BCUT2D eigenvalue weighted by Gasteiger charge is 2.19. The van der Waals surface area contributed by atoms with Crippen LogP contribution in [0.1, 0.15) is 26.3 Å². The number of carbonyl (C=O) groups excluding carboxylic acids is 2. The Hall–Kier alpha value is -2.80. The molecule has 1 aromatic heterocycles. The maximum atomic E-state index is 12.6. The van der Waals surface area contributed by atoms with Crippen molar-refractivity contribution in [3.63, 3.8) is 0 Å². The van der Waals surface area contributed by atoms with Crippen molar-refractivity contribution in [1.82, 2.24) is 19.8 Å². The Bertz CT molecular complexity index is 1050. The van der Waals surface area contributed by atoms with Crippen LogP contribution in [0.4, 0.5) is 0 Å². The van der Waals surface area contributed by atoms with Gasteiger partial charge in [0.15, 0.2) is 5.16 Å². The lowest BCUT2D eigenvalue weighted by Gasteiger charge is -2.23. The Labute approximate surface area is 181 Å². The average Bonchev–Trinajstić information content (AvgIpc) is 3.03. The summed E-state index contributed by atoms with van der Waals surface area (Å²) < 4.78 is 2.07. The lowest BCUT2D eigenvalue weighted by molar-refractivity contribution is -0.133. The van der Waals surface area contributed by atoms with Gasteiger partial charge < -0.3 is 10.2 Å². The first kappa shape index (κ1) is 21.9. The van der Waals surface area contributed by atoms with Crippen LogP contribution in [0.3, 0.4) is 0 Å². The smallest absolute Gasteiger partial charge is 0.240 e. The zero-order valence-corrected chi connectivity index (χ0v) is 18.9. The number of carbonyl (C=O) groups is 2. The van der Waals surface area contributed by atoms with Crippen LogP contribution in [0, 0.1) is 6.92 Å². The molecule has 0 radical (unpaired) electrons. The van der Waals surface area contributed by atoms with Crippen molar-refractivity contribution >= 4 is 34.6 Å². The van der Waals surface area contributed by atoms with Crippen LogP contribution in [-0.4, -0.2) is 51.1 Å². The Kier molecular flexibility index (Phi) is 6.51. The van der Waals surface area contributed by atoms with Gasteiger partial charge in [-0.05, 0) is 52.0 Å². The summed E-state index contributed by atoms with van der Waals surface area (Å²) in [5, 5.41) is 3.63. The van der Waals surface area contributed by atoms with Crippen LogP contribution >= 0.6 is 11.8 Å². The summed E-state index contributed by atoms with van der Waals surface area (Å²) in [7, 11) is 1.65. The number of aryl methyl sites for hydroxylation is 1. The molecular formula is C23H28N4O2S. The molecular weight excluding hydrogens is 396 g/mol. The van der Waals surface area contributed by atoms with E-state index in [4.69, 9.17) is 4.98 Å². The van der Waals surface area contributed by atoms with E-state index in [0.29, 0.717) is 0 Å². The minimum absolute atomic E-state index is 0.0328. The van der Waals surface area contributed by atoms with Gasteiger partial charge in [0.2, 0.25) is 11.8 Å². The van der Waals surface area contributed by atoms with Crippen molar-refractivity contribution in [3.05, 3.63) is 54.1 Å². The molecule has 0 aliphatic carbocycles. The van der Waals surface area contributed by atoms with Crippen LogP contribution in [-0.2, 0) is 9.59 Å². The number of likely N-dealkylation sites (N-methyl/N-ethyl adjacent to an activating group) is 1. The number of aromatic nitrogens is 2. The fraction of sp³-hybridized carbons (Fsp3) is 0.348. The lowest BCUT2D eigenvalue weighted by atomic mass is 10.1. The third-order valence-corrected chi connectivity index (χ3v) is 5.39. The zero-order chi connectivity index (χ0) is 21.9. The van der Waals surface area contributed by atoms with Crippen molar-refractivity contribution < 1.29 is 9.59 Å². The van der Waals surface area contributed by atoms with Gasteiger partial charge in [-0.3, -0.25) is 14.2 Å². The largest absolute Gasteiger partial charge is 0.350 e. The molecule has 0 unspecified atom stereocenters. The summed E-state index contributed by atoms with van der Waals surface area (Å²) in [4.78, 5) is 30.9. The summed E-state index contributed by atoms with van der Waals surface area (Å²) in [5.74, 6) is -0.0871. The van der Waals surface area contributed by atoms with Gasteiger partial charge in [-0.2, -0.15) is 0 Å². The van der Waals surface area contributed by atoms with Gasteiger partial charge in [-0.25, -0.2) is 4.98 Å². The number of imidazole rings is 1. The second-order valence-corrected chi connectivity index (χ2v) is 9.33. The molecule has 0 aliphatic heterocycles. The van der Waals surface area contributed by atoms with E-state index in [2.05, 4.69) is 41.1 Å². The van der Waals surface area contributed by atoms with Gasteiger partial charge in [-0.1, -0.05) is 41.6 Å². The average molecular weight is 425 g/mol. The Balaban J connectivity index is 1.76. The van der Waals surface area contributed by atoms with E-state index < -0.39 is 0 Å². The normalized spacial score (nSPS) is 11.5. The van der Waals surface area contributed by atoms with Gasteiger partial charge >= 0.3 is 0 Å². The van der Waals surface area contributed by atoms with E-state index in [0.717, 1.165) is 21.9 Å². The molecule has 0 atom stereocenters. The molecule has 158 valence electrons. The predicted molar refractivity (Wildman–Crippen MR) is 122 cm³/mol. The molecule has 3 aromatic rings. The number of hydrogen-bond acceptors (Lipinski definition) is 4. The summed E-state index contributed by atoms with van der Waals surface area (Å²) in [6.45, 7) is 7.83. The monoisotopic (exact) mass is 424 g/mol. The molecule has 0 spiro atoms. The molecule has 30 heavy (non-hydrogen) atoms. The van der Waals surface area contributed by atoms with Crippen molar-refractivity contribution in [2.45, 2.75) is 38.4 Å². The minimum atomic E-state index is -0.325. The second-order valence-electron chi connectivity index (χ2n) is 8.39. The molecule has 1 heterocycles. The van der Waals surface area contributed by atoms with Crippen LogP contribution in [0.5, 0.6) is 0 Å². The second kappa shape index (κ2) is 8.92. The van der Waals surface area contributed by atoms with Gasteiger partial charge in [-0.15, -0.1) is 0 Å². The van der Waals surface area contributed by atoms with Crippen LogP contribution in [0.15, 0.2) is 53.7 Å². The summed E-state index contributed by atoms with van der Waals surface area (Å²) in [6.07, 6.45) is 0. The first-order valence-electron chi connectivity index (χ1n) is 9.86. The van der Waals surface area contributed by atoms with E-state index in [-0.39, 0.29) is 29.7 Å². The van der Waals surface area contributed by atoms with Crippen LogP contribution in [0.25, 0.3) is 16.7 Å². The summed E-state index contributed by atoms with van der Waals surface area (Å²) >= 11 is 1.38. The van der Waals surface area contributed by atoms with Crippen LogP contribution < -0.4 is 5.32 Å². The quantitative estimate of drug-likeness (QED) is 0.611. The highest BCUT2D eigenvalue weighted by Crippen LogP contribution is 2.28. The van der Waals surface area contributed by atoms with Crippen molar-refractivity contribution in [1.29, 1.82) is 0 Å². The Morgan fingerprint density at radius 2 is 1.77 bits per heavy atom. The highest BCUT2D eigenvalue weighted by atomic mass is 32.2. The zero-order valence-electron chi connectivity index (χ0n) is 18.1. The van der Waals surface area contributed by atoms with Crippen LogP contribution in [0.2, 0.25) is 0 Å².